The average molecular weight is 393 g/mol. The number of para-hydroxylation sites is 1. The number of hydrogen-bond acceptors (Lipinski definition) is 3. The Labute approximate surface area is 174 Å². The smallest absolute Gasteiger partial charge is 0.223 e. The lowest BCUT2D eigenvalue weighted by molar-refractivity contribution is -0.116. The molecule has 2 aliphatic heterocycles. The van der Waals surface area contributed by atoms with Crippen LogP contribution in [0.15, 0.2) is 48.5 Å². The quantitative estimate of drug-likeness (QED) is 0.732. The van der Waals surface area contributed by atoms with Crippen LogP contribution in [0.25, 0.3) is 0 Å². The Morgan fingerprint density at radius 1 is 1.00 bits per heavy atom. The molecule has 2 aliphatic rings. The van der Waals surface area contributed by atoms with Gasteiger partial charge in [-0.05, 0) is 86.5 Å². The highest BCUT2D eigenvalue weighted by molar-refractivity contribution is 5.93. The minimum Gasteiger partial charge on any atom is -0.497 e. The van der Waals surface area contributed by atoms with Crippen molar-refractivity contribution in [1.82, 2.24) is 4.90 Å². The maximum Gasteiger partial charge on any atom is 0.223 e. The van der Waals surface area contributed by atoms with Crippen LogP contribution in [-0.2, 0) is 4.79 Å². The highest BCUT2D eigenvalue weighted by atomic mass is 16.5. The zero-order chi connectivity index (χ0) is 20.2. The van der Waals surface area contributed by atoms with E-state index in [1.165, 1.54) is 43.5 Å². The summed E-state index contributed by atoms with van der Waals surface area (Å²) in [5.74, 6) is 2.30. The van der Waals surface area contributed by atoms with Crippen molar-refractivity contribution in [3.05, 3.63) is 59.7 Å². The van der Waals surface area contributed by atoms with Gasteiger partial charge in [0, 0.05) is 19.2 Å². The summed E-state index contributed by atoms with van der Waals surface area (Å²) >= 11 is 0. The molecule has 2 aromatic rings. The van der Waals surface area contributed by atoms with E-state index in [4.69, 9.17) is 4.74 Å². The van der Waals surface area contributed by atoms with Gasteiger partial charge in [0.05, 0.1) is 7.11 Å². The normalized spacial score (nSPS) is 20.3. The monoisotopic (exact) mass is 392 g/mol. The SMILES string of the molecule is COc1ccc(C2CCN(CCC3CCN(C(C)=O)c4ccccc43)CC2)cc1. The van der Waals surface area contributed by atoms with Crippen molar-refractivity contribution >= 4 is 11.6 Å². The van der Waals surface area contributed by atoms with E-state index in [0.717, 1.165) is 30.9 Å². The van der Waals surface area contributed by atoms with Crippen molar-refractivity contribution in [2.45, 2.75) is 44.4 Å². The maximum atomic E-state index is 12.0. The van der Waals surface area contributed by atoms with Crippen LogP contribution < -0.4 is 9.64 Å². The summed E-state index contributed by atoms with van der Waals surface area (Å²) in [6.07, 6.45) is 4.70. The lowest BCUT2D eigenvalue weighted by Gasteiger charge is -2.36. The third-order valence-corrected chi connectivity index (χ3v) is 6.72. The van der Waals surface area contributed by atoms with Crippen molar-refractivity contribution in [2.75, 3.05) is 38.2 Å². The molecule has 0 aromatic heterocycles. The van der Waals surface area contributed by atoms with E-state index in [2.05, 4.69) is 47.4 Å². The number of ether oxygens (including phenoxy) is 1. The minimum absolute atomic E-state index is 0.150. The Morgan fingerprint density at radius 3 is 2.41 bits per heavy atom. The maximum absolute atomic E-state index is 12.0. The predicted octanol–water partition coefficient (Wildman–Crippen LogP) is 4.81. The van der Waals surface area contributed by atoms with Gasteiger partial charge < -0.3 is 14.5 Å². The Morgan fingerprint density at radius 2 is 1.72 bits per heavy atom. The number of fused-ring (bicyclic) bond motifs is 1. The van der Waals surface area contributed by atoms with Crippen molar-refractivity contribution in [1.29, 1.82) is 0 Å². The summed E-state index contributed by atoms with van der Waals surface area (Å²) in [4.78, 5) is 16.5. The molecule has 0 N–H and O–H groups in total. The molecule has 1 atom stereocenters. The molecule has 4 nitrogen and oxygen atoms in total. The predicted molar refractivity (Wildman–Crippen MR) is 118 cm³/mol. The number of nitrogens with zero attached hydrogens (tertiary/aromatic N) is 2. The lowest BCUT2D eigenvalue weighted by Crippen LogP contribution is -2.37. The molecule has 2 heterocycles. The Kier molecular flexibility index (Phi) is 6.19. The molecule has 29 heavy (non-hydrogen) atoms. The van der Waals surface area contributed by atoms with Crippen LogP contribution in [-0.4, -0.2) is 44.1 Å². The summed E-state index contributed by atoms with van der Waals surface area (Å²) in [5, 5.41) is 0. The molecule has 1 saturated heterocycles. The van der Waals surface area contributed by atoms with E-state index < -0.39 is 0 Å². The average Bonchev–Trinajstić information content (AvgIpc) is 2.77. The molecule has 1 amide bonds. The molecule has 1 unspecified atom stereocenters. The van der Waals surface area contributed by atoms with E-state index in [1.54, 1.807) is 14.0 Å². The van der Waals surface area contributed by atoms with Crippen LogP contribution in [0.2, 0.25) is 0 Å². The molecule has 4 heteroatoms. The molecular weight excluding hydrogens is 360 g/mol. The summed E-state index contributed by atoms with van der Waals surface area (Å²) in [5.41, 5.74) is 3.91. The number of rotatable bonds is 5. The van der Waals surface area contributed by atoms with Crippen molar-refractivity contribution in [3.63, 3.8) is 0 Å². The summed E-state index contributed by atoms with van der Waals surface area (Å²) < 4.78 is 5.28. The number of carbonyl (C=O) groups excluding carboxylic acids is 1. The molecule has 0 radical (unpaired) electrons. The molecule has 2 aromatic carbocycles. The number of anilines is 1. The topological polar surface area (TPSA) is 32.8 Å². The van der Waals surface area contributed by atoms with Crippen LogP contribution in [0.3, 0.4) is 0 Å². The van der Waals surface area contributed by atoms with Gasteiger partial charge in [0.2, 0.25) is 5.91 Å². The Bertz CT molecular complexity index is 825. The van der Waals surface area contributed by atoms with Gasteiger partial charge in [0.25, 0.3) is 0 Å². The number of hydrogen-bond donors (Lipinski definition) is 0. The van der Waals surface area contributed by atoms with E-state index in [1.807, 2.05) is 11.0 Å². The van der Waals surface area contributed by atoms with Crippen molar-refractivity contribution in [2.24, 2.45) is 0 Å². The van der Waals surface area contributed by atoms with Gasteiger partial charge in [0.1, 0.15) is 5.75 Å². The van der Waals surface area contributed by atoms with Crippen LogP contribution in [0.5, 0.6) is 5.75 Å². The Balaban J connectivity index is 1.31. The second-order valence-electron chi connectivity index (χ2n) is 8.39. The second kappa shape index (κ2) is 9.00. The van der Waals surface area contributed by atoms with E-state index in [-0.39, 0.29) is 5.91 Å². The van der Waals surface area contributed by atoms with E-state index >= 15 is 0 Å². The van der Waals surface area contributed by atoms with Gasteiger partial charge in [-0.15, -0.1) is 0 Å². The molecule has 1 fully saturated rings. The second-order valence-corrected chi connectivity index (χ2v) is 8.39. The van der Waals surface area contributed by atoms with Crippen LogP contribution >= 0.6 is 0 Å². The zero-order valence-electron chi connectivity index (χ0n) is 17.6. The van der Waals surface area contributed by atoms with Crippen molar-refractivity contribution in [3.8, 4) is 5.75 Å². The number of likely N-dealkylation sites (tertiary alicyclic amines) is 1. The largest absolute Gasteiger partial charge is 0.497 e. The third-order valence-electron chi connectivity index (χ3n) is 6.72. The molecule has 0 saturated carbocycles. The van der Waals surface area contributed by atoms with Gasteiger partial charge >= 0.3 is 0 Å². The van der Waals surface area contributed by atoms with E-state index in [9.17, 15) is 4.79 Å². The summed E-state index contributed by atoms with van der Waals surface area (Å²) in [6, 6.07) is 17.1. The van der Waals surface area contributed by atoms with Crippen LogP contribution in [0.1, 0.15) is 55.6 Å². The summed E-state index contributed by atoms with van der Waals surface area (Å²) in [7, 11) is 1.72. The van der Waals surface area contributed by atoms with Crippen molar-refractivity contribution < 1.29 is 9.53 Å². The van der Waals surface area contributed by atoms with Gasteiger partial charge in [0.15, 0.2) is 0 Å². The van der Waals surface area contributed by atoms with Gasteiger partial charge in [-0.1, -0.05) is 30.3 Å². The number of methoxy groups -OCH3 is 1. The molecule has 0 aliphatic carbocycles. The highest BCUT2D eigenvalue weighted by Crippen LogP contribution is 2.37. The molecule has 4 rings (SSSR count). The molecule has 0 bridgehead atoms. The number of amides is 1. The lowest BCUT2D eigenvalue weighted by atomic mass is 9.86. The minimum atomic E-state index is 0.150. The first kappa shape index (κ1) is 20.0. The third kappa shape index (κ3) is 4.48. The van der Waals surface area contributed by atoms with Gasteiger partial charge in [-0.2, -0.15) is 0 Å². The number of benzene rings is 2. The number of piperidine rings is 1. The standard InChI is InChI=1S/C25H32N2O2/c1-19(28)27-18-14-22(24-5-3-4-6-25(24)27)13-17-26-15-11-21(12-16-26)20-7-9-23(29-2)10-8-20/h3-10,21-22H,11-18H2,1-2H3. The fourth-order valence-electron chi connectivity index (χ4n) is 4.97. The molecule has 154 valence electrons. The first-order chi connectivity index (χ1) is 14.2. The zero-order valence-corrected chi connectivity index (χ0v) is 17.6. The first-order valence-electron chi connectivity index (χ1n) is 10.9. The van der Waals surface area contributed by atoms with Crippen LogP contribution in [0, 0.1) is 0 Å². The van der Waals surface area contributed by atoms with E-state index in [0.29, 0.717) is 11.8 Å². The first-order valence-corrected chi connectivity index (χ1v) is 10.9. The fraction of sp³-hybridized carbons (Fsp3) is 0.480. The molecule has 0 spiro atoms. The fourth-order valence-corrected chi connectivity index (χ4v) is 4.97. The van der Waals surface area contributed by atoms with Gasteiger partial charge in [-0.25, -0.2) is 0 Å². The molecular formula is C25H32N2O2. The number of carbonyl (C=O) groups is 1. The highest BCUT2D eigenvalue weighted by Gasteiger charge is 2.28. The summed E-state index contributed by atoms with van der Waals surface area (Å²) in [6.45, 7) is 6.00. The van der Waals surface area contributed by atoms with Crippen LogP contribution in [0.4, 0.5) is 5.69 Å². The van der Waals surface area contributed by atoms with Gasteiger partial charge in [-0.3, -0.25) is 4.79 Å². The Hall–Kier alpha value is -2.33.